The lowest BCUT2D eigenvalue weighted by Crippen LogP contribution is -2.61. The van der Waals surface area contributed by atoms with Gasteiger partial charge in [0.1, 0.15) is 18.8 Å². The van der Waals surface area contributed by atoms with Crippen molar-refractivity contribution in [2.24, 2.45) is 0 Å². The second-order valence-corrected chi connectivity index (χ2v) is 17.8. The molecule has 6 unspecified atom stereocenters. The fourth-order valence-corrected chi connectivity index (χ4v) is 7.33. The third-order valence-electron chi connectivity index (χ3n) is 11.4. The number of aliphatic hydroxyl groups excluding tert-OH is 2. The summed E-state index contributed by atoms with van der Waals surface area (Å²) in [5, 5.41) is 31.3. The molecule has 392 valence electrons. The van der Waals surface area contributed by atoms with Crippen LogP contribution in [-0.2, 0) is 42.9 Å². The Hall–Kier alpha value is -4.10. The van der Waals surface area contributed by atoms with Gasteiger partial charge in [0, 0.05) is 19.3 Å². The molecule has 0 aromatic rings. The lowest BCUT2D eigenvalue weighted by Gasteiger charge is -2.40. The minimum absolute atomic E-state index is 0.0338. The summed E-state index contributed by atoms with van der Waals surface area (Å²) in [4.78, 5) is 50.8. The maximum atomic E-state index is 13.0. The predicted molar refractivity (Wildman–Crippen MR) is 275 cm³/mol. The third-order valence-corrected chi connectivity index (χ3v) is 11.4. The van der Waals surface area contributed by atoms with Crippen LogP contribution in [0.4, 0.5) is 0 Å². The summed E-state index contributed by atoms with van der Waals surface area (Å²) in [7, 11) is 0. The van der Waals surface area contributed by atoms with Gasteiger partial charge in [-0.05, 0) is 96.3 Å². The molecule has 3 N–H and O–H groups in total. The Labute approximate surface area is 416 Å². The summed E-state index contributed by atoms with van der Waals surface area (Å²) < 4.78 is 28.2. The van der Waals surface area contributed by atoms with Crippen molar-refractivity contribution >= 4 is 23.9 Å². The third kappa shape index (κ3) is 35.6. The molecule has 0 amide bonds. The first-order valence-corrected chi connectivity index (χ1v) is 26.6. The molecule has 1 aliphatic heterocycles. The molecular formula is C57H92O12. The van der Waals surface area contributed by atoms with E-state index in [1.807, 2.05) is 12.2 Å². The highest BCUT2D eigenvalue weighted by Gasteiger charge is 2.50. The van der Waals surface area contributed by atoms with Crippen molar-refractivity contribution in [3.63, 3.8) is 0 Å². The molecule has 69 heavy (non-hydrogen) atoms. The summed E-state index contributed by atoms with van der Waals surface area (Å²) >= 11 is 0. The van der Waals surface area contributed by atoms with Crippen LogP contribution in [0.2, 0.25) is 0 Å². The first-order chi connectivity index (χ1) is 33.6. The van der Waals surface area contributed by atoms with Crippen molar-refractivity contribution in [1.29, 1.82) is 0 Å². The number of rotatable bonds is 43. The fourth-order valence-electron chi connectivity index (χ4n) is 7.33. The van der Waals surface area contributed by atoms with Gasteiger partial charge < -0.3 is 39.0 Å². The average molecular weight is 969 g/mol. The van der Waals surface area contributed by atoms with Crippen molar-refractivity contribution in [2.75, 3.05) is 13.2 Å². The van der Waals surface area contributed by atoms with Crippen LogP contribution >= 0.6 is 0 Å². The van der Waals surface area contributed by atoms with Crippen LogP contribution in [0.3, 0.4) is 0 Å². The number of allylic oxidation sites excluding steroid dienone is 14. The zero-order valence-electron chi connectivity index (χ0n) is 42.8. The van der Waals surface area contributed by atoms with Gasteiger partial charge in [-0.1, -0.05) is 170 Å². The average Bonchev–Trinajstić information content (AvgIpc) is 3.33. The second-order valence-electron chi connectivity index (χ2n) is 17.8. The number of aliphatic carboxylic acids is 1. The zero-order valence-corrected chi connectivity index (χ0v) is 42.8. The molecule has 1 aliphatic rings. The Morgan fingerprint density at radius 3 is 1.51 bits per heavy atom. The predicted octanol–water partition coefficient (Wildman–Crippen LogP) is 12.8. The van der Waals surface area contributed by atoms with Gasteiger partial charge in [-0.3, -0.25) is 14.4 Å². The van der Waals surface area contributed by atoms with E-state index in [1.165, 1.54) is 32.1 Å². The number of carbonyl (C=O) groups is 4. The monoisotopic (exact) mass is 969 g/mol. The number of carboxylic acid groups (broad SMARTS) is 1. The van der Waals surface area contributed by atoms with Gasteiger partial charge in [0.25, 0.3) is 0 Å². The Morgan fingerprint density at radius 1 is 0.493 bits per heavy atom. The van der Waals surface area contributed by atoms with E-state index in [-0.39, 0.29) is 25.9 Å². The van der Waals surface area contributed by atoms with Crippen LogP contribution in [0.25, 0.3) is 0 Å². The number of esters is 3. The van der Waals surface area contributed by atoms with E-state index in [0.717, 1.165) is 109 Å². The number of hydrogen-bond donors (Lipinski definition) is 3. The Balaban J connectivity index is 2.78. The summed E-state index contributed by atoms with van der Waals surface area (Å²) in [6, 6.07) is 0. The number of aliphatic hydroxyl groups is 2. The number of unbranched alkanes of at least 4 members (excludes halogenated alkanes) is 15. The molecule has 0 aromatic heterocycles. The van der Waals surface area contributed by atoms with Crippen molar-refractivity contribution in [1.82, 2.24) is 0 Å². The molecule has 12 nitrogen and oxygen atoms in total. The van der Waals surface area contributed by atoms with E-state index in [2.05, 4.69) is 93.7 Å². The highest BCUT2D eigenvalue weighted by molar-refractivity contribution is 5.74. The lowest BCUT2D eigenvalue weighted by atomic mass is 9.98. The molecular weight excluding hydrogens is 877 g/mol. The molecule has 12 heteroatoms. The van der Waals surface area contributed by atoms with Crippen molar-refractivity contribution < 1.29 is 58.2 Å². The van der Waals surface area contributed by atoms with Crippen LogP contribution in [0, 0.1) is 0 Å². The van der Waals surface area contributed by atoms with E-state index in [4.69, 9.17) is 23.7 Å². The number of carbonyl (C=O) groups excluding carboxylic acids is 3. The molecule has 6 atom stereocenters. The van der Waals surface area contributed by atoms with Crippen LogP contribution in [0.5, 0.6) is 0 Å². The van der Waals surface area contributed by atoms with Gasteiger partial charge >= 0.3 is 23.9 Å². The standard InChI is InChI=1S/C57H92O12/c1-4-7-10-13-16-19-22-24-25-27-30-33-36-39-42-45-51(60)68-55-53(62)52(61)54(56(63)64)69-57(55)66-47-48(67-50(59)44-41-38-35-32-28-21-18-15-12-9-6-3)46-65-49(58)43-40-37-34-31-29-26-23-20-17-14-11-8-5-2/h8,11,15-20,24-26,29,34,37,48,52-55,57,61-62H,4-7,9-10,12-14,21-23,27-28,30-33,35-36,38-47H2,1-3H3,(H,63,64)/b11-8-,18-15-,19-16-,20-17-,25-24-,29-26-,37-34-. The fraction of sp³-hybridized carbons (Fsp3) is 0.684. The van der Waals surface area contributed by atoms with Crippen LogP contribution < -0.4 is 0 Å². The number of carboxylic acids is 1. The summed E-state index contributed by atoms with van der Waals surface area (Å²) in [5.41, 5.74) is 0. The zero-order chi connectivity index (χ0) is 50.4. The molecule has 1 heterocycles. The molecule has 1 saturated heterocycles. The molecule has 0 saturated carbocycles. The summed E-state index contributed by atoms with van der Waals surface area (Å²) in [5.74, 6) is -3.27. The van der Waals surface area contributed by atoms with Gasteiger partial charge in [-0.2, -0.15) is 0 Å². The van der Waals surface area contributed by atoms with Crippen molar-refractivity contribution in [2.45, 2.75) is 237 Å². The van der Waals surface area contributed by atoms with Crippen molar-refractivity contribution in [3.05, 3.63) is 85.1 Å². The minimum Gasteiger partial charge on any atom is -0.479 e. The Kier molecular flexibility index (Phi) is 41.1. The first kappa shape index (κ1) is 62.9. The largest absolute Gasteiger partial charge is 0.479 e. The SMILES string of the molecule is CC/C=C\C/C=C\C/C=C\C/C=C\CCC(=O)OCC(COC1OC(C(=O)O)C(O)C(O)C1OC(=O)CCCCCCC/C=C\C/C=C\CCCCC)OC(=O)CCCCCCC/C=C\CCCC. The van der Waals surface area contributed by atoms with E-state index in [1.54, 1.807) is 0 Å². The van der Waals surface area contributed by atoms with E-state index in [9.17, 15) is 34.5 Å². The van der Waals surface area contributed by atoms with E-state index >= 15 is 0 Å². The van der Waals surface area contributed by atoms with Gasteiger partial charge in [-0.25, -0.2) is 4.79 Å². The van der Waals surface area contributed by atoms with Crippen molar-refractivity contribution in [3.8, 4) is 0 Å². The van der Waals surface area contributed by atoms with Gasteiger partial charge in [0.2, 0.25) is 0 Å². The van der Waals surface area contributed by atoms with Gasteiger partial charge in [0.05, 0.1) is 6.61 Å². The van der Waals surface area contributed by atoms with E-state index in [0.29, 0.717) is 19.3 Å². The van der Waals surface area contributed by atoms with Gasteiger partial charge in [-0.15, -0.1) is 0 Å². The van der Waals surface area contributed by atoms with Crippen LogP contribution in [-0.4, -0.2) is 89.2 Å². The number of hydrogen-bond acceptors (Lipinski definition) is 11. The summed E-state index contributed by atoms with van der Waals surface area (Å²) in [6.45, 7) is 5.70. The smallest absolute Gasteiger partial charge is 0.335 e. The summed E-state index contributed by atoms with van der Waals surface area (Å²) in [6.07, 6.45) is 44.4. The minimum atomic E-state index is -1.92. The van der Waals surface area contributed by atoms with Gasteiger partial charge in [0.15, 0.2) is 24.6 Å². The molecule has 0 spiro atoms. The quantitative estimate of drug-likeness (QED) is 0.0229. The maximum Gasteiger partial charge on any atom is 0.335 e. The Bertz CT molecular complexity index is 1530. The second kappa shape index (κ2) is 45.1. The number of ether oxygens (including phenoxy) is 5. The molecule has 0 aromatic carbocycles. The molecule has 0 aliphatic carbocycles. The molecule has 1 fully saturated rings. The van der Waals surface area contributed by atoms with Crippen LogP contribution in [0.15, 0.2) is 85.1 Å². The highest BCUT2D eigenvalue weighted by Crippen LogP contribution is 2.26. The highest BCUT2D eigenvalue weighted by atomic mass is 16.7. The molecule has 0 bridgehead atoms. The topological polar surface area (TPSA) is 175 Å². The molecule has 1 rings (SSSR count). The lowest BCUT2D eigenvalue weighted by molar-refractivity contribution is -0.301. The Morgan fingerprint density at radius 2 is 0.957 bits per heavy atom. The molecule has 0 radical (unpaired) electrons. The van der Waals surface area contributed by atoms with Crippen LogP contribution in [0.1, 0.15) is 201 Å². The maximum absolute atomic E-state index is 13.0. The normalized spacial score (nSPS) is 19.3. The first-order valence-electron chi connectivity index (χ1n) is 26.6. The van der Waals surface area contributed by atoms with E-state index < -0.39 is 67.3 Å².